The van der Waals surface area contributed by atoms with Crippen molar-refractivity contribution in [1.82, 2.24) is 14.9 Å². The van der Waals surface area contributed by atoms with Crippen LogP contribution < -0.4 is 11.1 Å². The van der Waals surface area contributed by atoms with Gasteiger partial charge in [-0.25, -0.2) is 9.97 Å². The van der Waals surface area contributed by atoms with Crippen molar-refractivity contribution in [3.05, 3.63) is 24.5 Å². The van der Waals surface area contributed by atoms with Crippen LogP contribution in [0, 0.1) is 0 Å². The molecule has 0 bridgehead atoms. The first kappa shape index (κ1) is 14.1. The minimum absolute atomic E-state index is 0.511. The zero-order valence-electron chi connectivity index (χ0n) is 12.5. The number of benzene rings is 1. The van der Waals surface area contributed by atoms with Gasteiger partial charge < -0.3 is 11.1 Å². The Kier molecular flexibility index (Phi) is 4.20. The fourth-order valence-corrected chi connectivity index (χ4v) is 2.95. The lowest BCUT2D eigenvalue weighted by Crippen LogP contribution is -2.41. The van der Waals surface area contributed by atoms with E-state index in [1.807, 2.05) is 18.2 Å². The molecule has 1 aromatic heterocycles. The van der Waals surface area contributed by atoms with E-state index in [1.54, 1.807) is 6.33 Å². The van der Waals surface area contributed by atoms with Crippen LogP contribution in [0.5, 0.6) is 0 Å². The van der Waals surface area contributed by atoms with Crippen molar-refractivity contribution < 1.29 is 0 Å². The number of hydrogen-bond acceptors (Lipinski definition) is 5. The van der Waals surface area contributed by atoms with Gasteiger partial charge >= 0.3 is 0 Å². The van der Waals surface area contributed by atoms with Gasteiger partial charge in [0.15, 0.2) is 0 Å². The van der Waals surface area contributed by atoms with Crippen molar-refractivity contribution in [3.63, 3.8) is 0 Å². The Bertz CT molecular complexity index is 607. The number of nitrogens with zero attached hydrogens (tertiary/aromatic N) is 3. The second-order valence-corrected chi connectivity index (χ2v) is 5.83. The number of rotatable bonds is 4. The Hall–Kier alpha value is -1.88. The number of fused-ring (bicyclic) bond motifs is 1. The smallest absolute Gasteiger partial charge is 0.137 e. The predicted molar refractivity (Wildman–Crippen MR) is 87.3 cm³/mol. The van der Waals surface area contributed by atoms with E-state index < -0.39 is 0 Å². The Labute approximate surface area is 125 Å². The molecule has 1 aliphatic rings. The van der Waals surface area contributed by atoms with Gasteiger partial charge in [0.05, 0.1) is 5.52 Å². The molecule has 1 unspecified atom stereocenters. The summed E-state index contributed by atoms with van der Waals surface area (Å²) in [6.07, 6.45) is 5.60. The summed E-state index contributed by atoms with van der Waals surface area (Å²) in [6.45, 7) is 5.58. The lowest BCUT2D eigenvalue weighted by atomic mass is 10.1. The minimum atomic E-state index is 0.511. The predicted octanol–water partition coefficient (Wildman–Crippen LogP) is 2.50. The largest absolute Gasteiger partial charge is 0.399 e. The van der Waals surface area contributed by atoms with E-state index in [9.17, 15) is 0 Å². The number of piperidine rings is 1. The van der Waals surface area contributed by atoms with Crippen LogP contribution in [0.25, 0.3) is 10.9 Å². The molecule has 112 valence electrons. The Morgan fingerprint density at radius 1 is 1.24 bits per heavy atom. The quantitative estimate of drug-likeness (QED) is 0.845. The van der Waals surface area contributed by atoms with Gasteiger partial charge in [0.1, 0.15) is 12.1 Å². The van der Waals surface area contributed by atoms with E-state index in [1.165, 1.54) is 32.4 Å². The molecule has 5 heteroatoms. The molecule has 2 heterocycles. The molecule has 5 nitrogen and oxygen atoms in total. The van der Waals surface area contributed by atoms with Crippen LogP contribution in [-0.2, 0) is 0 Å². The molecular weight excluding hydrogens is 262 g/mol. The second kappa shape index (κ2) is 6.26. The highest BCUT2D eigenvalue weighted by Gasteiger charge is 2.16. The molecule has 1 saturated heterocycles. The molecule has 1 atom stereocenters. The molecule has 1 aromatic carbocycles. The first-order valence-electron chi connectivity index (χ1n) is 7.72. The molecule has 0 radical (unpaired) electrons. The van der Waals surface area contributed by atoms with Crippen molar-refractivity contribution in [2.75, 3.05) is 30.7 Å². The fourth-order valence-electron chi connectivity index (χ4n) is 2.95. The fraction of sp³-hybridized carbons (Fsp3) is 0.500. The first-order valence-corrected chi connectivity index (χ1v) is 7.72. The summed E-state index contributed by atoms with van der Waals surface area (Å²) >= 11 is 0. The van der Waals surface area contributed by atoms with Gasteiger partial charge in [0, 0.05) is 23.7 Å². The standard InChI is InChI=1S/C16H23N5/c1-12(21-7-3-2-4-8-21)10-18-16-14-9-13(17)5-6-15(14)19-11-20-16/h5-6,9,11-12H,2-4,7-8,10,17H2,1H3,(H,18,19,20). The van der Waals surface area contributed by atoms with Crippen LogP contribution >= 0.6 is 0 Å². The number of nitrogens with one attached hydrogen (secondary N) is 1. The Morgan fingerprint density at radius 3 is 2.86 bits per heavy atom. The molecular formula is C16H23N5. The summed E-state index contributed by atoms with van der Waals surface area (Å²) in [7, 11) is 0. The highest BCUT2D eigenvalue weighted by Crippen LogP contribution is 2.22. The van der Waals surface area contributed by atoms with Gasteiger partial charge in [-0.3, -0.25) is 4.90 Å². The molecule has 1 aliphatic heterocycles. The molecule has 0 saturated carbocycles. The number of nitrogens with two attached hydrogens (primary N) is 1. The molecule has 2 aromatic rings. The molecule has 0 aliphatic carbocycles. The third-order valence-electron chi connectivity index (χ3n) is 4.24. The average Bonchev–Trinajstić information content (AvgIpc) is 2.53. The summed E-state index contributed by atoms with van der Waals surface area (Å²) in [5, 5.41) is 4.45. The van der Waals surface area contributed by atoms with Crippen molar-refractivity contribution >= 4 is 22.4 Å². The van der Waals surface area contributed by atoms with Gasteiger partial charge in [-0.1, -0.05) is 6.42 Å². The van der Waals surface area contributed by atoms with Crippen LogP contribution in [0.2, 0.25) is 0 Å². The molecule has 0 amide bonds. The van der Waals surface area contributed by atoms with Crippen molar-refractivity contribution in [1.29, 1.82) is 0 Å². The van der Waals surface area contributed by atoms with Crippen molar-refractivity contribution in [2.45, 2.75) is 32.2 Å². The lowest BCUT2D eigenvalue weighted by Gasteiger charge is -2.32. The van der Waals surface area contributed by atoms with E-state index >= 15 is 0 Å². The van der Waals surface area contributed by atoms with Crippen LogP contribution in [-0.4, -0.2) is 40.5 Å². The van der Waals surface area contributed by atoms with Crippen molar-refractivity contribution in [3.8, 4) is 0 Å². The summed E-state index contributed by atoms with van der Waals surface area (Å²) in [5.41, 5.74) is 7.54. The number of aromatic nitrogens is 2. The van der Waals surface area contributed by atoms with Gasteiger partial charge in [-0.15, -0.1) is 0 Å². The highest BCUT2D eigenvalue weighted by molar-refractivity contribution is 5.91. The van der Waals surface area contributed by atoms with E-state index in [0.29, 0.717) is 6.04 Å². The summed E-state index contributed by atoms with van der Waals surface area (Å²) in [4.78, 5) is 11.2. The van der Waals surface area contributed by atoms with E-state index in [2.05, 4.69) is 27.1 Å². The van der Waals surface area contributed by atoms with Crippen LogP contribution in [0.4, 0.5) is 11.5 Å². The van der Waals surface area contributed by atoms with Gasteiger partial charge in [-0.2, -0.15) is 0 Å². The zero-order valence-corrected chi connectivity index (χ0v) is 12.5. The third-order valence-corrected chi connectivity index (χ3v) is 4.24. The maximum absolute atomic E-state index is 5.87. The summed E-state index contributed by atoms with van der Waals surface area (Å²) in [6, 6.07) is 6.25. The highest BCUT2D eigenvalue weighted by atomic mass is 15.2. The lowest BCUT2D eigenvalue weighted by molar-refractivity contribution is 0.180. The second-order valence-electron chi connectivity index (χ2n) is 5.83. The maximum Gasteiger partial charge on any atom is 0.137 e. The van der Waals surface area contributed by atoms with Gasteiger partial charge in [0.2, 0.25) is 0 Å². The van der Waals surface area contributed by atoms with E-state index in [4.69, 9.17) is 5.73 Å². The van der Waals surface area contributed by atoms with Crippen LogP contribution in [0.3, 0.4) is 0 Å². The van der Waals surface area contributed by atoms with E-state index in [0.717, 1.165) is 29.0 Å². The van der Waals surface area contributed by atoms with Crippen molar-refractivity contribution in [2.24, 2.45) is 0 Å². The maximum atomic E-state index is 5.87. The monoisotopic (exact) mass is 285 g/mol. The molecule has 3 N–H and O–H groups in total. The SMILES string of the molecule is CC(CNc1ncnc2ccc(N)cc12)N1CCCCC1. The number of anilines is 2. The number of likely N-dealkylation sites (tertiary alicyclic amines) is 1. The van der Waals surface area contributed by atoms with Gasteiger partial charge in [0.25, 0.3) is 0 Å². The molecule has 0 spiro atoms. The third kappa shape index (κ3) is 3.24. The summed E-state index contributed by atoms with van der Waals surface area (Å²) < 4.78 is 0. The molecule has 3 rings (SSSR count). The number of hydrogen-bond donors (Lipinski definition) is 2. The first-order chi connectivity index (χ1) is 10.2. The topological polar surface area (TPSA) is 67.1 Å². The minimum Gasteiger partial charge on any atom is -0.399 e. The Morgan fingerprint density at radius 2 is 2.05 bits per heavy atom. The number of nitrogen functional groups attached to an aromatic ring is 1. The Balaban J connectivity index is 1.71. The van der Waals surface area contributed by atoms with E-state index in [-0.39, 0.29) is 0 Å². The van der Waals surface area contributed by atoms with Crippen LogP contribution in [0.15, 0.2) is 24.5 Å². The van der Waals surface area contributed by atoms with Crippen LogP contribution in [0.1, 0.15) is 26.2 Å². The average molecular weight is 285 g/mol. The zero-order chi connectivity index (χ0) is 14.7. The summed E-state index contributed by atoms with van der Waals surface area (Å²) in [5.74, 6) is 0.871. The molecule has 1 fully saturated rings. The van der Waals surface area contributed by atoms with Gasteiger partial charge in [-0.05, 0) is 51.1 Å². The normalized spacial score (nSPS) is 17.8. The molecule has 21 heavy (non-hydrogen) atoms.